The average Bonchev–Trinajstić information content (AvgIpc) is 2.79. The van der Waals surface area contributed by atoms with Crippen molar-refractivity contribution in [2.45, 2.75) is 20.3 Å². The highest BCUT2D eigenvalue weighted by molar-refractivity contribution is 7.15. The summed E-state index contributed by atoms with van der Waals surface area (Å²) in [7, 11) is 0. The number of benzene rings is 1. The van der Waals surface area contributed by atoms with Crippen LogP contribution in [0.3, 0.4) is 0 Å². The molecule has 0 aliphatic heterocycles. The number of rotatable bonds is 4. The van der Waals surface area contributed by atoms with E-state index < -0.39 is 17.5 Å². The molecule has 1 N–H and O–H groups in total. The molecule has 1 aromatic heterocycles. The Morgan fingerprint density at radius 2 is 2.05 bits per heavy atom. The number of carbonyl (C=O) groups is 1. The van der Waals surface area contributed by atoms with E-state index in [1.807, 2.05) is 0 Å². The van der Waals surface area contributed by atoms with E-state index in [2.05, 4.69) is 29.4 Å². The highest BCUT2D eigenvalue weighted by Crippen LogP contribution is 2.19. The molecule has 2 rings (SSSR count). The first-order valence-corrected chi connectivity index (χ1v) is 6.86. The lowest BCUT2D eigenvalue weighted by Gasteiger charge is -2.01. The van der Waals surface area contributed by atoms with Gasteiger partial charge in [-0.1, -0.05) is 25.2 Å². The van der Waals surface area contributed by atoms with Gasteiger partial charge in [0.15, 0.2) is 11.6 Å². The van der Waals surface area contributed by atoms with E-state index in [1.165, 1.54) is 17.4 Å². The SMILES string of the molecule is CC(C)Cc1nnc(NC(=O)c2ccc(F)c(F)c2)s1. The number of aromatic nitrogens is 2. The highest BCUT2D eigenvalue weighted by Gasteiger charge is 2.13. The van der Waals surface area contributed by atoms with Gasteiger partial charge < -0.3 is 0 Å². The first-order valence-electron chi connectivity index (χ1n) is 6.04. The second-order valence-corrected chi connectivity index (χ2v) is 5.74. The molecule has 0 bridgehead atoms. The number of hydrogen-bond acceptors (Lipinski definition) is 4. The van der Waals surface area contributed by atoms with Gasteiger partial charge in [-0.2, -0.15) is 0 Å². The van der Waals surface area contributed by atoms with Crippen molar-refractivity contribution in [1.82, 2.24) is 10.2 Å². The molecule has 0 atom stereocenters. The molecule has 4 nitrogen and oxygen atoms in total. The van der Waals surface area contributed by atoms with Crippen LogP contribution in [0, 0.1) is 17.6 Å². The van der Waals surface area contributed by atoms with Crippen LogP contribution in [-0.2, 0) is 6.42 Å². The maximum Gasteiger partial charge on any atom is 0.257 e. The van der Waals surface area contributed by atoms with Gasteiger partial charge >= 0.3 is 0 Å². The van der Waals surface area contributed by atoms with Gasteiger partial charge in [-0.3, -0.25) is 10.1 Å². The number of hydrogen-bond donors (Lipinski definition) is 1. The third kappa shape index (κ3) is 3.57. The number of halogens is 2. The van der Waals surface area contributed by atoms with Crippen molar-refractivity contribution in [1.29, 1.82) is 0 Å². The van der Waals surface area contributed by atoms with Crippen LogP contribution < -0.4 is 5.32 Å². The van der Waals surface area contributed by atoms with E-state index in [4.69, 9.17) is 0 Å². The third-order valence-corrected chi connectivity index (χ3v) is 3.31. The molecule has 0 fully saturated rings. The summed E-state index contributed by atoms with van der Waals surface area (Å²) < 4.78 is 25.8. The van der Waals surface area contributed by atoms with E-state index >= 15 is 0 Å². The van der Waals surface area contributed by atoms with Crippen LogP contribution >= 0.6 is 11.3 Å². The Kier molecular flexibility index (Phi) is 4.39. The lowest BCUT2D eigenvalue weighted by molar-refractivity contribution is 0.102. The summed E-state index contributed by atoms with van der Waals surface area (Å²) >= 11 is 1.27. The Bertz CT molecular complexity index is 628. The molecule has 1 heterocycles. The minimum absolute atomic E-state index is 0.0320. The Morgan fingerprint density at radius 3 is 2.70 bits per heavy atom. The fourth-order valence-electron chi connectivity index (χ4n) is 1.54. The molecule has 0 saturated heterocycles. The maximum absolute atomic E-state index is 13.0. The summed E-state index contributed by atoms with van der Waals surface area (Å²) in [5, 5.41) is 11.5. The highest BCUT2D eigenvalue weighted by atomic mass is 32.1. The normalized spacial score (nSPS) is 10.8. The van der Waals surface area contributed by atoms with E-state index in [9.17, 15) is 13.6 Å². The van der Waals surface area contributed by atoms with E-state index in [-0.39, 0.29) is 5.56 Å². The molecule has 0 saturated carbocycles. The van der Waals surface area contributed by atoms with Gasteiger partial charge in [0.2, 0.25) is 5.13 Å². The molecule has 20 heavy (non-hydrogen) atoms. The quantitative estimate of drug-likeness (QED) is 0.942. The molecule has 0 radical (unpaired) electrons. The van der Waals surface area contributed by atoms with Gasteiger partial charge in [0.1, 0.15) is 5.01 Å². The molecule has 1 amide bonds. The molecular weight excluding hydrogens is 284 g/mol. The van der Waals surface area contributed by atoms with Crippen molar-refractivity contribution in [3.63, 3.8) is 0 Å². The van der Waals surface area contributed by atoms with E-state index in [0.717, 1.165) is 23.6 Å². The zero-order chi connectivity index (χ0) is 14.7. The molecule has 106 valence electrons. The van der Waals surface area contributed by atoms with Crippen molar-refractivity contribution in [3.05, 3.63) is 40.4 Å². The van der Waals surface area contributed by atoms with Crippen molar-refractivity contribution in [2.24, 2.45) is 5.92 Å². The minimum Gasteiger partial charge on any atom is -0.296 e. The monoisotopic (exact) mass is 297 g/mol. The van der Waals surface area contributed by atoms with E-state index in [0.29, 0.717) is 11.0 Å². The van der Waals surface area contributed by atoms with Crippen LogP contribution in [0.15, 0.2) is 18.2 Å². The lowest BCUT2D eigenvalue weighted by atomic mass is 10.1. The smallest absolute Gasteiger partial charge is 0.257 e. The zero-order valence-corrected chi connectivity index (χ0v) is 11.8. The summed E-state index contributed by atoms with van der Waals surface area (Å²) in [5.41, 5.74) is 0.0320. The van der Waals surface area contributed by atoms with Gasteiger partial charge in [0, 0.05) is 12.0 Å². The standard InChI is InChI=1S/C13H13F2N3OS/c1-7(2)5-11-17-18-13(20-11)16-12(19)8-3-4-9(14)10(15)6-8/h3-4,6-7H,5H2,1-2H3,(H,16,18,19). The Morgan fingerprint density at radius 1 is 1.30 bits per heavy atom. The summed E-state index contributed by atoms with van der Waals surface area (Å²) in [6.45, 7) is 4.11. The molecule has 0 aliphatic rings. The maximum atomic E-state index is 13.0. The first-order chi connectivity index (χ1) is 9.45. The second-order valence-electron chi connectivity index (χ2n) is 4.68. The predicted octanol–water partition coefficient (Wildman–Crippen LogP) is 3.27. The minimum atomic E-state index is -1.06. The lowest BCUT2D eigenvalue weighted by Crippen LogP contribution is -2.12. The van der Waals surface area contributed by atoms with Crippen LogP contribution in [0.2, 0.25) is 0 Å². The number of nitrogens with one attached hydrogen (secondary N) is 1. The molecular formula is C13H13F2N3OS. The van der Waals surface area contributed by atoms with Crippen LogP contribution in [-0.4, -0.2) is 16.1 Å². The van der Waals surface area contributed by atoms with E-state index in [1.54, 1.807) is 0 Å². The fraction of sp³-hybridized carbons (Fsp3) is 0.308. The molecule has 2 aromatic rings. The zero-order valence-electron chi connectivity index (χ0n) is 11.0. The van der Waals surface area contributed by atoms with Gasteiger partial charge in [-0.15, -0.1) is 10.2 Å². The topological polar surface area (TPSA) is 54.9 Å². The number of anilines is 1. The van der Waals surface area contributed by atoms with Crippen LogP contribution in [0.4, 0.5) is 13.9 Å². The molecule has 7 heteroatoms. The Labute approximate surface area is 118 Å². The summed E-state index contributed by atoms with van der Waals surface area (Å²) in [4.78, 5) is 11.8. The predicted molar refractivity (Wildman–Crippen MR) is 72.8 cm³/mol. The van der Waals surface area contributed by atoms with Gasteiger partial charge in [0.05, 0.1) is 0 Å². The molecule has 1 aromatic carbocycles. The average molecular weight is 297 g/mol. The summed E-state index contributed by atoms with van der Waals surface area (Å²) in [6.07, 6.45) is 0.777. The number of carbonyl (C=O) groups excluding carboxylic acids is 1. The van der Waals surface area contributed by atoms with Gasteiger partial charge in [-0.05, 0) is 24.1 Å². The number of nitrogens with zero attached hydrogens (tertiary/aromatic N) is 2. The van der Waals surface area contributed by atoms with Gasteiger partial charge in [-0.25, -0.2) is 8.78 Å². The largest absolute Gasteiger partial charge is 0.296 e. The molecule has 0 aliphatic carbocycles. The summed E-state index contributed by atoms with van der Waals surface area (Å²) in [5.74, 6) is -2.15. The van der Waals surface area contributed by atoms with Crippen molar-refractivity contribution in [3.8, 4) is 0 Å². The van der Waals surface area contributed by atoms with Gasteiger partial charge in [0.25, 0.3) is 5.91 Å². The second kappa shape index (κ2) is 6.04. The first kappa shape index (κ1) is 14.5. The Hall–Kier alpha value is -1.89. The van der Waals surface area contributed by atoms with Crippen LogP contribution in [0.5, 0.6) is 0 Å². The molecule has 0 spiro atoms. The van der Waals surface area contributed by atoms with Crippen LogP contribution in [0.1, 0.15) is 29.2 Å². The number of amides is 1. The van der Waals surface area contributed by atoms with Crippen LogP contribution in [0.25, 0.3) is 0 Å². The van der Waals surface area contributed by atoms with Crippen molar-refractivity contribution in [2.75, 3.05) is 5.32 Å². The van der Waals surface area contributed by atoms with Crippen molar-refractivity contribution < 1.29 is 13.6 Å². The molecule has 0 unspecified atom stereocenters. The fourth-order valence-corrected chi connectivity index (χ4v) is 2.49. The summed E-state index contributed by atoms with van der Waals surface area (Å²) in [6, 6.07) is 2.97. The third-order valence-electron chi connectivity index (χ3n) is 2.45. The van der Waals surface area contributed by atoms with Crippen molar-refractivity contribution >= 4 is 22.4 Å². The Balaban J connectivity index is 2.07.